The molecule has 16 heavy (non-hydrogen) atoms. The van der Waals surface area contributed by atoms with Gasteiger partial charge in [0.15, 0.2) is 0 Å². The van der Waals surface area contributed by atoms with Gasteiger partial charge in [-0.1, -0.05) is 6.42 Å². The van der Waals surface area contributed by atoms with Crippen molar-refractivity contribution in [2.24, 2.45) is 11.7 Å². The number of carbonyl (C=O) groups is 2. The van der Waals surface area contributed by atoms with E-state index in [9.17, 15) is 14.7 Å². The minimum atomic E-state index is -0.981. The first-order valence-corrected chi connectivity index (χ1v) is 5.56. The average molecular weight is 228 g/mol. The molecule has 0 radical (unpaired) electrons. The molecule has 3 N–H and O–H groups in total. The van der Waals surface area contributed by atoms with Crippen molar-refractivity contribution in [2.45, 2.75) is 51.6 Å². The number of nitrogens with two attached hydrogens (primary N) is 1. The second-order valence-corrected chi connectivity index (χ2v) is 5.33. The first kappa shape index (κ1) is 12.8. The van der Waals surface area contributed by atoms with Gasteiger partial charge in [0.25, 0.3) is 0 Å². The third-order valence-electron chi connectivity index (χ3n) is 3.11. The van der Waals surface area contributed by atoms with Crippen LogP contribution in [0.25, 0.3) is 0 Å². The van der Waals surface area contributed by atoms with Crippen molar-refractivity contribution in [1.82, 2.24) is 4.90 Å². The molecule has 5 nitrogen and oxygen atoms in total. The van der Waals surface area contributed by atoms with Gasteiger partial charge < -0.3 is 10.8 Å². The molecule has 1 aliphatic rings. The molecule has 0 bridgehead atoms. The summed E-state index contributed by atoms with van der Waals surface area (Å²) in [5.41, 5.74) is 4.81. The van der Waals surface area contributed by atoms with E-state index in [4.69, 9.17) is 5.73 Å². The molecule has 1 saturated carbocycles. The van der Waals surface area contributed by atoms with Crippen LogP contribution in [0.1, 0.15) is 40.0 Å². The van der Waals surface area contributed by atoms with Gasteiger partial charge in [-0.05, 0) is 33.6 Å². The van der Waals surface area contributed by atoms with Crippen LogP contribution in [0.2, 0.25) is 0 Å². The second-order valence-electron chi connectivity index (χ2n) is 5.33. The maximum atomic E-state index is 11.3. The molecule has 0 spiro atoms. The van der Waals surface area contributed by atoms with Gasteiger partial charge >= 0.3 is 6.09 Å². The monoisotopic (exact) mass is 228 g/mol. The van der Waals surface area contributed by atoms with Crippen LogP contribution < -0.4 is 5.73 Å². The van der Waals surface area contributed by atoms with Gasteiger partial charge in [-0.25, -0.2) is 4.79 Å². The topological polar surface area (TPSA) is 83.6 Å². The van der Waals surface area contributed by atoms with E-state index >= 15 is 0 Å². The fourth-order valence-corrected chi connectivity index (χ4v) is 2.51. The first-order valence-electron chi connectivity index (χ1n) is 5.56. The molecule has 2 unspecified atom stereocenters. The summed E-state index contributed by atoms with van der Waals surface area (Å²) in [4.78, 5) is 23.9. The lowest BCUT2D eigenvalue weighted by Gasteiger charge is -2.39. The summed E-state index contributed by atoms with van der Waals surface area (Å²) < 4.78 is 0. The average Bonchev–Trinajstić information content (AvgIpc) is 2.48. The molecular weight excluding hydrogens is 208 g/mol. The Hall–Kier alpha value is -1.26. The number of nitrogens with zero attached hydrogens (tertiary/aromatic N) is 1. The van der Waals surface area contributed by atoms with Crippen molar-refractivity contribution in [2.75, 3.05) is 0 Å². The molecule has 0 aromatic heterocycles. The van der Waals surface area contributed by atoms with Gasteiger partial charge in [-0.3, -0.25) is 9.69 Å². The lowest BCUT2D eigenvalue weighted by molar-refractivity contribution is -0.123. The van der Waals surface area contributed by atoms with E-state index in [2.05, 4.69) is 0 Å². The number of hydrogen-bond acceptors (Lipinski definition) is 2. The molecule has 0 aromatic rings. The molecule has 0 aliphatic heterocycles. The summed E-state index contributed by atoms with van der Waals surface area (Å²) >= 11 is 0. The smallest absolute Gasteiger partial charge is 0.408 e. The van der Waals surface area contributed by atoms with E-state index in [0.29, 0.717) is 6.42 Å². The van der Waals surface area contributed by atoms with E-state index in [1.807, 2.05) is 20.8 Å². The SMILES string of the molecule is CC(C)(C)N(C(=O)O)C1CCCC1C(N)=O. The van der Waals surface area contributed by atoms with E-state index in [0.717, 1.165) is 12.8 Å². The van der Waals surface area contributed by atoms with Gasteiger partial charge in [0.2, 0.25) is 5.91 Å². The molecule has 1 aliphatic carbocycles. The van der Waals surface area contributed by atoms with Crippen LogP contribution >= 0.6 is 0 Å². The number of hydrogen-bond donors (Lipinski definition) is 2. The van der Waals surface area contributed by atoms with Gasteiger partial charge in [-0.15, -0.1) is 0 Å². The normalized spacial score (nSPS) is 25.4. The Bertz CT molecular complexity index is 296. The number of amides is 2. The summed E-state index contributed by atoms with van der Waals surface area (Å²) in [7, 11) is 0. The predicted octanol–water partition coefficient (Wildman–Crippen LogP) is 1.42. The summed E-state index contributed by atoms with van der Waals surface area (Å²) in [5, 5.41) is 9.24. The zero-order chi connectivity index (χ0) is 12.5. The van der Waals surface area contributed by atoms with Gasteiger partial charge in [0.1, 0.15) is 0 Å². The molecule has 0 heterocycles. The van der Waals surface area contributed by atoms with E-state index < -0.39 is 17.5 Å². The van der Waals surface area contributed by atoms with E-state index in [1.165, 1.54) is 4.90 Å². The first-order chi connectivity index (χ1) is 7.25. The Balaban J connectivity index is 2.95. The standard InChI is InChI=1S/C11H20N2O3/c1-11(2,3)13(10(15)16)8-6-4-5-7(8)9(12)14/h7-8H,4-6H2,1-3H3,(H2,12,14)(H,15,16). The minimum absolute atomic E-state index is 0.269. The maximum absolute atomic E-state index is 11.3. The van der Waals surface area contributed by atoms with E-state index in [1.54, 1.807) is 0 Å². The zero-order valence-electron chi connectivity index (χ0n) is 10.1. The van der Waals surface area contributed by atoms with Crippen LogP contribution in [0.15, 0.2) is 0 Å². The van der Waals surface area contributed by atoms with Crippen LogP contribution in [0.5, 0.6) is 0 Å². The third-order valence-corrected chi connectivity index (χ3v) is 3.11. The summed E-state index contributed by atoms with van der Waals surface area (Å²) in [5.74, 6) is -0.728. The lowest BCUT2D eigenvalue weighted by Crippen LogP contribution is -2.54. The Kier molecular flexibility index (Phi) is 3.45. The summed E-state index contributed by atoms with van der Waals surface area (Å²) in [6.07, 6.45) is 1.29. The Morgan fingerprint density at radius 1 is 1.31 bits per heavy atom. The van der Waals surface area contributed by atoms with Crippen LogP contribution in [0.4, 0.5) is 4.79 Å². The Labute approximate surface area is 95.6 Å². The van der Waals surface area contributed by atoms with Crippen LogP contribution in [0, 0.1) is 5.92 Å². The molecule has 1 rings (SSSR count). The highest BCUT2D eigenvalue weighted by Gasteiger charge is 2.42. The Morgan fingerprint density at radius 2 is 1.88 bits per heavy atom. The number of carbonyl (C=O) groups excluding carboxylic acids is 1. The highest BCUT2D eigenvalue weighted by atomic mass is 16.4. The molecule has 1 fully saturated rings. The van der Waals surface area contributed by atoms with Crippen molar-refractivity contribution >= 4 is 12.0 Å². The summed E-state index contributed by atoms with van der Waals surface area (Å²) in [6, 6.07) is -0.269. The minimum Gasteiger partial charge on any atom is -0.465 e. The zero-order valence-corrected chi connectivity index (χ0v) is 10.1. The van der Waals surface area contributed by atoms with Crippen molar-refractivity contribution < 1.29 is 14.7 Å². The Morgan fingerprint density at radius 3 is 2.25 bits per heavy atom. The number of rotatable bonds is 2. The van der Waals surface area contributed by atoms with Crippen LogP contribution in [0.3, 0.4) is 0 Å². The highest BCUT2D eigenvalue weighted by Crippen LogP contribution is 2.33. The van der Waals surface area contributed by atoms with Gasteiger partial charge in [0, 0.05) is 11.6 Å². The van der Waals surface area contributed by atoms with E-state index in [-0.39, 0.29) is 12.0 Å². The number of primary amides is 1. The third kappa shape index (κ3) is 2.46. The second kappa shape index (κ2) is 4.31. The van der Waals surface area contributed by atoms with Gasteiger partial charge in [0.05, 0.1) is 5.92 Å². The highest BCUT2D eigenvalue weighted by molar-refractivity contribution is 5.79. The molecular formula is C11H20N2O3. The molecule has 0 aromatic carbocycles. The lowest BCUT2D eigenvalue weighted by atomic mass is 9.96. The fraction of sp³-hybridized carbons (Fsp3) is 0.818. The molecule has 5 heteroatoms. The quantitative estimate of drug-likeness (QED) is 0.749. The molecule has 2 amide bonds. The fourth-order valence-electron chi connectivity index (χ4n) is 2.51. The van der Waals surface area contributed by atoms with Crippen molar-refractivity contribution in [3.05, 3.63) is 0 Å². The van der Waals surface area contributed by atoms with Crippen LogP contribution in [-0.4, -0.2) is 33.6 Å². The van der Waals surface area contributed by atoms with Crippen molar-refractivity contribution in [3.63, 3.8) is 0 Å². The van der Waals surface area contributed by atoms with Crippen molar-refractivity contribution in [3.8, 4) is 0 Å². The maximum Gasteiger partial charge on any atom is 0.408 e. The molecule has 2 atom stereocenters. The molecule has 92 valence electrons. The predicted molar refractivity (Wildman–Crippen MR) is 59.9 cm³/mol. The summed E-state index contributed by atoms with van der Waals surface area (Å²) in [6.45, 7) is 5.49. The molecule has 0 saturated heterocycles. The largest absolute Gasteiger partial charge is 0.465 e. The van der Waals surface area contributed by atoms with Crippen molar-refractivity contribution in [1.29, 1.82) is 0 Å². The van der Waals surface area contributed by atoms with Gasteiger partial charge in [-0.2, -0.15) is 0 Å². The van der Waals surface area contributed by atoms with Crippen LogP contribution in [-0.2, 0) is 4.79 Å². The number of carboxylic acid groups (broad SMARTS) is 1.